The van der Waals surface area contributed by atoms with Crippen molar-refractivity contribution >= 4 is 10.8 Å². The number of hydrogen-bond donors (Lipinski definition) is 2. The topological polar surface area (TPSA) is 121 Å². The zero-order valence-corrected chi connectivity index (χ0v) is 27.5. The minimum Gasteiger partial charge on any atom is -0.497 e. The second-order valence-electron chi connectivity index (χ2n) is 11.9. The molecule has 7 rings (SSSR count). The number of H-pyrrole nitrogens is 1. The first-order valence-electron chi connectivity index (χ1n) is 16.2. The van der Waals surface area contributed by atoms with Crippen LogP contribution in [0.4, 0.5) is 0 Å². The molecule has 1 aromatic heterocycles. The predicted molar refractivity (Wildman–Crippen MR) is 188 cm³/mol. The third-order valence-corrected chi connectivity index (χ3v) is 9.09. The summed E-state index contributed by atoms with van der Waals surface area (Å²) in [5, 5.41) is 13.7. The maximum absolute atomic E-state index is 13.1. The highest BCUT2D eigenvalue weighted by molar-refractivity contribution is 5.88. The van der Waals surface area contributed by atoms with Crippen LogP contribution in [0.3, 0.4) is 0 Å². The van der Waals surface area contributed by atoms with E-state index in [1.165, 1.54) is 16.8 Å². The zero-order chi connectivity index (χ0) is 34.7. The molecule has 0 bridgehead atoms. The number of methoxy groups -OCH3 is 2. The number of aliphatic hydroxyl groups excluding tert-OH is 1. The van der Waals surface area contributed by atoms with Crippen molar-refractivity contribution in [1.82, 2.24) is 9.55 Å². The number of nitrogens with one attached hydrogen (secondary N) is 1. The molecule has 2 unspecified atom stereocenters. The molecule has 254 valence electrons. The Kier molecular flexibility index (Phi) is 9.23. The second-order valence-corrected chi connectivity index (χ2v) is 11.9. The first-order valence-corrected chi connectivity index (χ1v) is 16.2. The molecular formula is C40H36N2O8. The van der Waals surface area contributed by atoms with Crippen molar-refractivity contribution in [2.75, 3.05) is 20.8 Å². The van der Waals surface area contributed by atoms with Crippen molar-refractivity contribution in [2.45, 2.75) is 30.1 Å². The van der Waals surface area contributed by atoms with Crippen LogP contribution in [0.1, 0.15) is 22.9 Å². The molecule has 4 atom stereocenters. The molecule has 0 aliphatic carbocycles. The Morgan fingerprint density at radius 3 is 1.98 bits per heavy atom. The van der Waals surface area contributed by atoms with Crippen LogP contribution in [0.25, 0.3) is 10.8 Å². The van der Waals surface area contributed by atoms with E-state index in [0.29, 0.717) is 17.2 Å². The molecule has 1 aliphatic rings. The van der Waals surface area contributed by atoms with E-state index < -0.39 is 41.4 Å². The number of hydrogen-bond acceptors (Lipinski definition) is 8. The van der Waals surface area contributed by atoms with Gasteiger partial charge in [0.1, 0.15) is 35.1 Å². The maximum atomic E-state index is 13.1. The van der Waals surface area contributed by atoms with Crippen molar-refractivity contribution in [3.8, 4) is 17.2 Å². The molecule has 1 aliphatic heterocycles. The molecule has 0 amide bonds. The highest BCUT2D eigenvalue weighted by Crippen LogP contribution is 2.43. The summed E-state index contributed by atoms with van der Waals surface area (Å²) in [4.78, 5) is 27.3. The Labute approximate surface area is 288 Å². The Morgan fingerprint density at radius 2 is 1.34 bits per heavy atom. The molecule has 10 nitrogen and oxygen atoms in total. The standard InChI is InChI=1S/C40H36N2O8/c1-46-30-19-15-28(16-20-30)40(27-11-4-3-5-12-27,29-17-21-31(47-2)22-18-29)48-25-34-36(44)37(38(50-34)42-24-23-35(43)41-39(42)45)49-33-14-8-10-26-9-6-7-13-32(26)33/h3-24,34,36-38,44H,25H2,1-2H3,(H,41,43,45)/t34-,36?,37?,38-/m1/s1. The van der Waals surface area contributed by atoms with Gasteiger partial charge in [-0.15, -0.1) is 0 Å². The molecule has 1 saturated heterocycles. The number of benzene rings is 5. The molecule has 10 heteroatoms. The fourth-order valence-corrected chi connectivity index (χ4v) is 6.56. The smallest absolute Gasteiger partial charge is 0.330 e. The first-order chi connectivity index (χ1) is 24.4. The summed E-state index contributed by atoms with van der Waals surface area (Å²) in [5.41, 5.74) is 0.0145. The number of aromatic amines is 1. The van der Waals surface area contributed by atoms with Crippen LogP contribution in [0.15, 0.2) is 143 Å². The minimum atomic E-state index is -1.25. The lowest BCUT2D eigenvalue weighted by Gasteiger charge is -2.37. The van der Waals surface area contributed by atoms with Crippen molar-refractivity contribution in [3.05, 3.63) is 171 Å². The Balaban J connectivity index is 1.30. The van der Waals surface area contributed by atoms with E-state index in [2.05, 4.69) is 4.98 Å². The van der Waals surface area contributed by atoms with Crippen LogP contribution in [0.5, 0.6) is 17.2 Å². The van der Waals surface area contributed by atoms with Crippen molar-refractivity contribution in [1.29, 1.82) is 0 Å². The fraction of sp³-hybridized carbons (Fsp3) is 0.200. The van der Waals surface area contributed by atoms with Crippen LogP contribution in [0.2, 0.25) is 0 Å². The number of rotatable bonds is 11. The molecular weight excluding hydrogens is 636 g/mol. The lowest BCUT2D eigenvalue weighted by molar-refractivity contribution is -0.0955. The van der Waals surface area contributed by atoms with Crippen LogP contribution >= 0.6 is 0 Å². The summed E-state index contributed by atoms with van der Waals surface area (Å²) in [6.45, 7) is -0.113. The van der Waals surface area contributed by atoms with Gasteiger partial charge in [0.05, 0.1) is 20.8 Å². The molecule has 0 spiro atoms. The maximum Gasteiger partial charge on any atom is 0.330 e. The average molecular weight is 673 g/mol. The average Bonchev–Trinajstić information content (AvgIpc) is 3.46. The van der Waals surface area contributed by atoms with Gasteiger partial charge in [0.15, 0.2) is 12.3 Å². The van der Waals surface area contributed by atoms with Gasteiger partial charge >= 0.3 is 5.69 Å². The van der Waals surface area contributed by atoms with Crippen LogP contribution in [-0.4, -0.2) is 53.8 Å². The second kappa shape index (κ2) is 14.0. The summed E-state index contributed by atoms with van der Waals surface area (Å²) < 4.78 is 32.1. The number of nitrogens with zero attached hydrogens (tertiary/aromatic N) is 1. The van der Waals surface area contributed by atoms with Gasteiger partial charge in [0.2, 0.25) is 0 Å². The van der Waals surface area contributed by atoms with Gasteiger partial charge < -0.3 is 28.8 Å². The van der Waals surface area contributed by atoms with E-state index in [4.69, 9.17) is 23.7 Å². The Bertz CT molecular complexity index is 2130. The quantitative estimate of drug-likeness (QED) is 0.175. The minimum absolute atomic E-state index is 0.113. The van der Waals surface area contributed by atoms with Gasteiger partial charge in [-0.1, -0.05) is 91.0 Å². The van der Waals surface area contributed by atoms with E-state index >= 15 is 0 Å². The summed E-state index contributed by atoms with van der Waals surface area (Å²) >= 11 is 0. The first kappa shape index (κ1) is 32.8. The highest BCUT2D eigenvalue weighted by atomic mass is 16.6. The molecule has 5 aromatic carbocycles. The van der Waals surface area contributed by atoms with Crippen LogP contribution < -0.4 is 25.5 Å². The molecule has 2 heterocycles. The van der Waals surface area contributed by atoms with E-state index in [9.17, 15) is 14.7 Å². The monoisotopic (exact) mass is 672 g/mol. The largest absolute Gasteiger partial charge is 0.497 e. The summed E-state index contributed by atoms with van der Waals surface area (Å²) in [6.07, 6.45) is -3.03. The Morgan fingerprint density at radius 1 is 0.740 bits per heavy atom. The third-order valence-electron chi connectivity index (χ3n) is 9.09. The summed E-state index contributed by atoms with van der Waals surface area (Å²) in [6, 6.07) is 39.6. The Hall–Kier alpha value is -5.68. The van der Waals surface area contributed by atoms with Crippen LogP contribution in [-0.2, 0) is 15.1 Å². The number of aliphatic hydroxyl groups is 1. The van der Waals surface area contributed by atoms with E-state index in [0.717, 1.165) is 27.5 Å². The van der Waals surface area contributed by atoms with Gasteiger partial charge in [-0.3, -0.25) is 14.3 Å². The SMILES string of the molecule is COc1ccc(C(OC[C@H]2O[C@@H](n3ccc(=O)[nH]c3=O)C(Oc3cccc4ccccc34)C2O)(c2ccccc2)c2ccc(OC)cc2)cc1. The molecule has 2 N–H and O–H groups in total. The molecule has 6 aromatic rings. The number of fused-ring (bicyclic) bond motifs is 1. The third kappa shape index (κ3) is 6.16. The number of aromatic nitrogens is 2. The van der Waals surface area contributed by atoms with Crippen molar-refractivity contribution < 1.29 is 28.8 Å². The van der Waals surface area contributed by atoms with Gasteiger partial charge in [0.25, 0.3) is 5.56 Å². The molecule has 1 fully saturated rings. The molecule has 0 saturated carbocycles. The predicted octanol–water partition coefficient (Wildman–Crippen LogP) is 5.42. The number of ether oxygens (including phenoxy) is 5. The van der Waals surface area contributed by atoms with Gasteiger partial charge in [-0.25, -0.2) is 4.79 Å². The van der Waals surface area contributed by atoms with E-state index in [-0.39, 0.29) is 6.61 Å². The zero-order valence-electron chi connectivity index (χ0n) is 27.5. The van der Waals surface area contributed by atoms with E-state index in [1.54, 1.807) is 20.3 Å². The van der Waals surface area contributed by atoms with Gasteiger partial charge in [0, 0.05) is 17.6 Å². The van der Waals surface area contributed by atoms with Crippen LogP contribution in [0, 0.1) is 0 Å². The summed E-state index contributed by atoms with van der Waals surface area (Å²) in [5.74, 6) is 1.88. The fourth-order valence-electron chi connectivity index (χ4n) is 6.56. The van der Waals surface area contributed by atoms with E-state index in [1.807, 2.05) is 115 Å². The van der Waals surface area contributed by atoms with Gasteiger partial charge in [-0.05, 0) is 52.4 Å². The van der Waals surface area contributed by atoms with Crippen molar-refractivity contribution in [3.63, 3.8) is 0 Å². The van der Waals surface area contributed by atoms with Crippen molar-refractivity contribution in [2.24, 2.45) is 0 Å². The normalized spacial score (nSPS) is 18.9. The van der Waals surface area contributed by atoms with Gasteiger partial charge in [-0.2, -0.15) is 0 Å². The summed E-state index contributed by atoms with van der Waals surface area (Å²) in [7, 11) is 3.22. The molecule has 0 radical (unpaired) electrons. The lowest BCUT2D eigenvalue weighted by atomic mass is 9.80. The highest BCUT2D eigenvalue weighted by Gasteiger charge is 2.49. The lowest BCUT2D eigenvalue weighted by Crippen LogP contribution is -2.42. The molecule has 50 heavy (non-hydrogen) atoms.